The second-order valence-corrected chi connectivity index (χ2v) is 3.87. The lowest BCUT2D eigenvalue weighted by molar-refractivity contribution is 0.0645. The zero-order chi connectivity index (χ0) is 10.8. The van der Waals surface area contributed by atoms with Crippen LogP contribution in [0.15, 0.2) is 10.6 Å². The number of hydrogen-bond donors (Lipinski definition) is 1. The molecule has 0 aromatic carbocycles. The molecule has 1 N–H and O–H groups in total. The Labute approximate surface area is 88.4 Å². The summed E-state index contributed by atoms with van der Waals surface area (Å²) in [6.45, 7) is 6.21. The highest BCUT2D eigenvalue weighted by atomic mass is 16.5. The minimum absolute atomic E-state index is 0.0409. The van der Waals surface area contributed by atoms with Crippen molar-refractivity contribution in [1.29, 1.82) is 0 Å². The number of hydrogen-bond acceptors (Lipinski definition) is 4. The van der Waals surface area contributed by atoms with Crippen molar-refractivity contribution in [2.75, 3.05) is 19.6 Å². The first kappa shape index (κ1) is 10.2. The molecule has 82 valence electrons. The molecule has 2 rings (SSSR count). The molecule has 1 amide bonds. The van der Waals surface area contributed by atoms with Crippen LogP contribution in [0.4, 0.5) is 0 Å². The Kier molecular flexibility index (Phi) is 2.73. The maximum Gasteiger partial charge on any atom is 0.276 e. The third kappa shape index (κ3) is 2.02. The molecule has 2 heterocycles. The van der Waals surface area contributed by atoms with E-state index >= 15 is 0 Å². The smallest absolute Gasteiger partial charge is 0.276 e. The maximum absolute atomic E-state index is 12.0. The van der Waals surface area contributed by atoms with Gasteiger partial charge in [-0.1, -0.05) is 5.16 Å². The molecule has 0 radical (unpaired) electrons. The SMILES string of the molecule is Cc1cc(C(=O)N2CCNC[C@H]2C)no1. The number of nitrogens with one attached hydrogen (secondary N) is 1. The second kappa shape index (κ2) is 4.02. The highest BCUT2D eigenvalue weighted by Gasteiger charge is 2.25. The minimum atomic E-state index is -0.0409. The molecule has 1 aromatic heterocycles. The van der Waals surface area contributed by atoms with Crippen LogP contribution in [0.5, 0.6) is 0 Å². The summed E-state index contributed by atoms with van der Waals surface area (Å²) in [4.78, 5) is 13.8. The van der Waals surface area contributed by atoms with Gasteiger partial charge in [-0.2, -0.15) is 0 Å². The van der Waals surface area contributed by atoms with E-state index in [1.807, 2.05) is 11.8 Å². The number of aryl methyl sites for hydroxylation is 1. The van der Waals surface area contributed by atoms with Gasteiger partial charge in [-0.3, -0.25) is 4.79 Å². The Balaban J connectivity index is 2.13. The fourth-order valence-electron chi connectivity index (χ4n) is 1.76. The summed E-state index contributed by atoms with van der Waals surface area (Å²) in [5.41, 5.74) is 0.404. The molecule has 1 fully saturated rings. The van der Waals surface area contributed by atoms with E-state index in [1.165, 1.54) is 0 Å². The lowest BCUT2D eigenvalue weighted by atomic mass is 10.2. The normalized spacial score (nSPS) is 21.7. The predicted octanol–water partition coefficient (Wildman–Crippen LogP) is 0.417. The Morgan fingerprint density at radius 3 is 3.13 bits per heavy atom. The molecule has 1 aliphatic heterocycles. The van der Waals surface area contributed by atoms with Crippen LogP contribution in [0, 0.1) is 6.92 Å². The fraction of sp³-hybridized carbons (Fsp3) is 0.600. The van der Waals surface area contributed by atoms with Gasteiger partial charge in [0.1, 0.15) is 5.76 Å². The number of carbonyl (C=O) groups is 1. The van der Waals surface area contributed by atoms with E-state index < -0.39 is 0 Å². The first-order valence-electron chi connectivity index (χ1n) is 5.13. The van der Waals surface area contributed by atoms with Gasteiger partial charge in [0.15, 0.2) is 5.69 Å². The van der Waals surface area contributed by atoms with Crippen molar-refractivity contribution in [2.24, 2.45) is 0 Å². The van der Waals surface area contributed by atoms with Crippen molar-refractivity contribution >= 4 is 5.91 Å². The van der Waals surface area contributed by atoms with E-state index in [1.54, 1.807) is 13.0 Å². The van der Waals surface area contributed by atoms with Crippen LogP contribution in [-0.2, 0) is 0 Å². The summed E-state index contributed by atoms with van der Waals surface area (Å²) >= 11 is 0. The Morgan fingerprint density at radius 1 is 1.73 bits per heavy atom. The van der Waals surface area contributed by atoms with Crippen LogP contribution in [0.3, 0.4) is 0 Å². The van der Waals surface area contributed by atoms with Gasteiger partial charge in [-0.25, -0.2) is 0 Å². The third-order valence-electron chi connectivity index (χ3n) is 2.61. The Bertz CT molecular complexity index is 361. The van der Waals surface area contributed by atoms with Gasteiger partial charge < -0.3 is 14.7 Å². The van der Waals surface area contributed by atoms with Gasteiger partial charge in [-0.15, -0.1) is 0 Å². The van der Waals surface area contributed by atoms with Crippen molar-refractivity contribution in [3.05, 3.63) is 17.5 Å². The monoisotopic (exact) mass is 209 g/mol. The van der Waals surface area contributed by atoms with Gasteiger partial charge >= 0.3 is 0 Å². The van der Waals surface area contributed by atoms with Gasteiger partial charge in [0.25, 0.3) is 5.91 Å². The highest BCUT2D eigenvalue weighted by Crippen LogP contribution is 2.10. The topological polar surface area (TPSA) is 58.4 Å². The zero-order valence-electron chi connectivity index (χ0n) is 8.99. The molecule has 1 atom stereocenters. The Morgan fingerprint density at radius 2 is 2.53 bits per heavy atom. The van der Waals surface area contributed by atoms with Crippen LogP contribution < -0.4 is 5.32 Å². The molecule has 0 unspecified atom stereocenters. The van der Waals surface area contributed by atoms with Crippen LogP contribution >= 0.6 is 0 Å². The third-order valence-corrected chi connectivity index (χ3v) is 2.61. The molecule has 15 heavy (non-hydrogen) atoms. The van der Waals surface area contributed by atoms with E-state index in [-0.39, 0.29) is 11.9 Å². The molecule has 0 saturated carbocycles. The molecular formula is C10H15N3O2. The fourth-order valence-corrected chi connectivity index (χ4v) is 1.76. The first-order valence-corrected chi connectivity index (χ1v) is 5.13. The number of amides is 1. The summed E-state index contributed by atoms with van der Waals surface area (Å²) in [5, 5.41) is 6.98. The lowest BCUT2D eigenvalue weighted by Crippen LogP contribution is -2.52. The van der Waals surface area contributed by atoms with E-state index in [9.17, 15) is 4.79 Å². The number of rotatable bonds is 1. The van der Waals surface area contributed by atoms with Crippen LogP contribution in [0.1, 0.15) is 23.2 Å². The van der Waals surface area contributed by atoms with Gasteiger partial charge in [0.2, 0.25) is 0 Å². The standard InChI is InChI=1S/C10H15N3O2/c1-7-6-11-3-4-13(7)10(14)9-5-8(2)15-12-9/h5,7,11H,3-4,6H2,1-2H3/t7-/m1/s1. The zero-order valence-corrected chi connectivity index (χ0v) is 8.99. The van der Waals surface area contributed by atoms with Gasteiger partial charge in [0, 0.05) is 31.7 Å². The van der Waals surface area contributed by atoms with Crippen molar-refractivity contribution in [1.82, 2.24) is 15.4 Å². The Hall–Kier alpha value is -1.36. The van der Waals surface area contributed by atoms with Crippen molar-refractivity contribution in [3.63, 3.8) is 0 Å². The van der Waals surface area contributed by atoms with Crippen LogP contribution in [-0.4, -0.2) is 41.6 Å². The van der Waals surface area contributed by atoms with Crippen molar-refractivity contribution < 1.29 is 9.32 Å². The molecule has 0 spiro atoms. The van der Waals surface area contributed by atoms with Crippen molar-refractivity contribution in [3.8, 4) is 0 Å². The average Bonchev–Trinajstić information content (AvgIpc) is 2.65. The van der Waals surface area contributed by atoms with E-state index in [2.05, 4.69) is 10.5 Å². The lowest BCUT2D eigenvalue weighted by Gasteiger charge is -2.33. The molecule has 5 heteroatoms. The summed E-state index contributed by atoms with van der Waals surface area (Å²) < 4.78 is 4.90. The average molecular weight is 209 g/mol. The van der Waals surface area contributed by atoms with E-state index in [4.69, 9.17) is 4.52 Å². The summed E-state index contributed by atoms with van der Waals surface area (Å²) in [6.07, 6.45) is 0. The number of nitrogens with zero attached hydrogens (tertiary/aromatic N) is 2. The molecule has 0 aliphatic carbocycles. The molecule has 1 aliphatic rings. The summed E-state index contributed by atoms with van der Waals surface area (Å²) in [7, 11) is 0. The van der Waals surface area contributed by atoms with Gasteiger partial charge in [-0.05, 0) is 13.8 Å². The summed E-state index contributed by atoms with van der Waals surface area (Å²) in [6, 6.07) is 1.89. The minimum Gasteiger partial charge on any atom is -0.361 e. The number of aromatic nitrogens is 1. The molecule has 1 aromatic rings. The van der Waals surface area contributed by atoms with E-state index in [0.29, 0.717) is 11.5 Å². The summed E-state index contributed by atoms with van der Waals surface area (Å²) in [5.74, 6) is 0.627. The quantitative estimate of drug-likeness (QED) is 0.728. The van der Waals surface area contributed by atoms with Crippen LogP contribution in [0.25, 0.3) is 0 Å². The molecular weight excluding hydrogens is 194 g/mol. The first-order chi connectivity index (χ1) is 7.18. The molecule has 0 bridgehead atoms. The van der Waals surface area contributed by atoms with Gasteiger partial charge in [0.05, 0.1) is 0 Å². The predicted molar refractivity (Wildman–Crippen MR) is 54.6 cm³/mol. The second-order valence-electron chi connectivity index (χ2n) is 3.87. The number of carbonyl (C=O) groups excluding carboxylic acids is 1. The van der Waals surface area contributed by atoms with Crippen LogP contribution in [0.2, 0.25) is 0 Å². The molecule has 1 saturated heterocycles. The molecule has 5 nitrogen and oxygen atoms in total. The highest BCUT2D eigenvalue weighted by molar-refractivity contribution is 5.92. The maximum atomic E-state index is 12.0. The van der Waals surface area contributed by atoms with E-state index in [0.717, 1.165) is 19.6 Å². The largest absolute Gasteiger partial charge is 0.361 e. The van der Waals surface area contributed by atoms with Crippen molar-refractivity contribution in [2.45, 2.75) is 19.9 Å². The number of piperazine rings is 1.